The first-order valence-corrected chi connectivity index (χ1v) is 12.1. The van der Waals surface area contributed by atoms with E-state index in [4.69, 9.17) is 4.98 Å². The summed E-state index contributed by atoms with van der Waals surface area (Å²) in [7, 11) is 0. The number of aryl methyl sites for hydroxylation is 3. The predicted octanol–water partition coefficient (Wildman–Crippen LogP) is 5.66. The van der Waals surface area contributed by atoms with E-state index in [1.807, 2.05) is 57.2 Å². The van der Waals surface area contributed by atoms with Gasteiger partial charge in [-0.1, -0.05) is 59.8 Å². The molecule has 0 spiro atoms. The Hall–Kier alpha value is -3.91. The van der Waals surface area contributed by atoms with Crippen LogP contribution in [-0.4, -0.2) is 26.2 Å². The van der Waals surface area contributed by atoms with Gasteiger partial charge in [-0.25, -0.2) is 9.37 Å². The van der Waals surface area contributed by atoms with Gasteiger partial charge in [-0.15, -0.1) is 0 Å². The van der Waals surface area contributed by atoms with Crippen molar-refractivity contribution < 1.29 is 9.18 Å². The van der Waals surface area contributed by atoms with E-state index in [1.54, 1.807) is 12.1 Å². The third-order valence-corrected chi connectivity index (χ3v) is 6.80. The summed E-state index contributed by atoms with van der Waals surface area (Å²) < 4.78 is 16.0. The Morgan fingerprint density at radius 1 is 1.06 bits per heavy atom. The molecule has 35 heavy (non-hydrogen) atoms. The Bertz CT molecular complexity index is 1650. The maximum Gasteiger partial charge on any atom is 0.283 e. The van der Waals surface area contributed by atoms with E-state index in [9.17, 15) is 14.0 Å². The lowest BCUT2D eigenvalue weighted by Gasteiger charge is -2.14. The number of nitrogens with one attached hydrogen (secondary N) is 2. The van der Waals surface area contributed by atoms with Crippen LogP contribution in [0.2, 0.25) is 0 Å². The molecule has 6 nitrogen and oxygen atoms in total. The van der Waals surface area contributed by atoms with Crippen LogP contribution in [0.3, 0.4) is 0 Å². The zero-order valence-corrected chi connectivity index (χ0v) is 20.3. The average Bonchev–Trinajstić information content (AvgIpc) is 3.20. The normalized spacial score (nSPS) is 11.3. The minimum atomic E-state index is -0.552. The summed E-state index contributed by atoms with van der Waals surface area (Å²) in [6, 6.07) is 17.5. The molecule has 0 bridgehead atoms. The molecule has 1 amide bonds. The van der Waals surface area contributed by atoms with Crippen molar-refractivity contribution in [2.75, 3.05) is 11.1 Å². The highest BCUT2D eigenvalue weighted by molar-refractivity contribution is 7.99. The zero-order chi connectivity index (χ0) is 24.7. The fourth-order valence-corrected chi connectivity index (χ4v) is 5.17. The molecule has 8 heteroatoms. The van der Waals surface area contributed by atoms with Crippen molar-refractivity contribution in [2.24, 2.45) is 0 Å². The number of rotatable bonds is 5. The van der Waals surface area contributed by atoms with Crippen LogP contribution < -0.4 is 10.9 Å². The summed E-state index contributed by atoms with van der Waals surface area (Å²) in [4.78, 5) is 34.2. The fraction of sp³-hybridized carbons (Fsp3) is 0.148. The largest absolute Gasteiger partial charge is 0.349 e. The van der Waals surface area contributed by atoms with Crippen LogP contribution in [0, 0.1) is 26.6 Å². The molecule has 3 aromatic carbocycles. The summed E-state index contributed by atoms with van der Waals surface area (Å²) in [6.07, 6.45) is 0. The van der Waals surface area contributed by atoms with E-state index in [1.165, 1.54) is 16.7 Å². The van der Waals surface area contributed by atoms with E-state index in [0.29, 0.717) is 5.52 Å². The topological polar surface area (TPSA) is 79.8 Å². The van der Waals surface area contributed by atoms with Gasteiger partial charge in [0.25, 0.3) is 5.56 Å². The number of nitrogens with zero attached hydrogens (tertiary/aromatic N) is 2. The Balaban J connectivity index is 1.56. The van der Waals surface area contributed by atoms with Crippen LogP contribution in [0.25, 0.3) is 27.6 Å². The fourth-order valence-electron chi connectivity index (χ4n) is 4.37. The van der Waals surface area contributed by atoms with Crippen molar-refractivity contribution >= 4 is 45.3 Å². The highest BCUT2D eigenvalue weighted by Gasteiger charge is 2.20. The maximum atomic E-state index is 14.8. The summed E-state index contributed by atoms with van der Waals surface area (Å²) in [5, 5.41) is 4.00. The number of hydrogen-bond donors (Lipinski definition) is 2. The number of aromatic nitrogens is 3. The van der Waals surface area contributed by atoms with Crippen molar-refractivity contribution in [3.05, 3.63) is 93.5 Å². The number of carbonyl (C=O) groups is 1. The molecule has 176 valence electrons. The molecular formula is C27H23FN4O2S. The van der Waals surface area contributed by atoms with E-state index < -0.39 is 11.4 Å². The number of halogens is 1. The SMILES string of the molecule is Cc1cc(C)c(NC(=O)CSc2nc3c([nH]c4ccccc43)c(=O)n2-c2ccccc2F)c(C)c1. The summed E-state index contributed by atoms with van der Waals surface area (Å²) in [6.45, 7) is 5.91. The molecule has 0 fully saturated rings. The number of hydrogen-bond acceptors (Lipinski definition) is 4. The molecule has 0 radical (unpaired) electrons. The Labute approximate surface area is 205 Å². The predicted molar refractivity (Wildman–Crippen MR) is 139 cm³/mol. The molecule has 5 rings (SSSR count). The minimum absolute atomic E-state index is 0.00150. The van der Waals surface area contributed by atoms with E-state index >= 15 is 0 Å². The van der Waals surface area contributed by atoms with Crippen LogP contribution in [-0.2, 0) is 4.79 Å². The number of thioether (sulfide) groups is 1. The molecule has 0 unspecified atom stereocenters. The molecule has 0 atom stereocenters. The van der Waals surface area contributed by atoms with Gasteiger partial charge in [0.05, 0.1) is 11.4 Å². The molecule has 0 saturated carbocycles. The molecule has 0 aliphatic carbocycles. The Morgan fingerprint density at radius 2 is 1.74 bits per heavy atom. The van der Waals surface area contributed by atoms with Crippen molar-refractivity contribution in [3.63, 3.8) is 0 Å². The first kappa shape index (κ1) is 22.9. The van der Waals surface area contributed by atoms with Crippen molar-refractivity contribution in [1.29, 1.82) is 0 Å². The number of amides is 1. The Kier molecular flexibility index (Phi) is 5.90. The van der Waals surface area contributed by atoms with Gasteiger partial charge in [-0.2, -0.15) is 0 Å². The van der Waals surface area contributed by atoms with Gasteiger partial charge in [0.15, 0.2) is 5.16 Å². The lowest BCUT2D eigenvalue weighted by Crippen LogP contribution is -2.24. The van der Waals surface area contributed by atoms with Crippen molar-refractivity contribution in [1.82, 2.24) is 14.5 Å². The monoisotopic (exact) mass is 486 g/mol. The van der Waals surface area contributed by atoms with Gasteiger partial charge in [-0.3, -0.25) is 14.2 Å². The Morgan fingerprint density at radius 3 is 2.49 bits per heavy atom. The maximum absolute atomic E-state index is 14.8. The average molecular weight is 487 g/mol. The first-order chi connectivity index (χ1) is 16.8. The van der Waals surface area contributed by atoms with Gasteiger partial charge in [0, 0.05) is 16.6 Å². The van der Waals surface area contributed by atoms with Gasteiger partial charge in [0.2, 0.25) is 5.91 Å². The quantitative estimate of drug-likeness (QED) is 0.248. The number of benzene rings is 3. The number of anilines is 1. The van der Waals surface area contributed by atoms with E-state index in [0.717, 1.165) is 45.0 Å². The van der Waals surface area contributed by atoms with E-state index in [2.05, 4.69) is 10.3 Å². The highest BCUT2D eigenvalue weighted by Crippen LogP contribution is 2.28. The second-order valence-electron chi connectivity index (χ2n) is 8.49. The van der Waals surface area contributed by atoms with Crippen molar-refractivity contribution in [2.45, 2.75) is 25.9 Å². The molecule has 2 heterocycles. The van der Waals surface area contributed by atoms with Crippen LogP contribution in [0.15, 0.2) is 70.6 Å². The lowest BCUT2D eigenvalue weighted by atomic mass is 10.1. The molecule has 0 aliphatic heterocycles. The number of aromatic amines is 1. The molecule has 2 aromatic heterocycles. The summed E-state index contributed by atoms with van der Waals surface area (Å²) in [5.41, 5.74) is 5.04. The van der Waals surface area contributed by atoms with Gasteiger partial charge >= 0.3 is 0 Å². The van der Waals surface area contributed by atoms with Gasteiger partial charge in [-0.05, 0) is 50.1 Å². The third-order valence-electron chi connectivity index (χ3n) is 5.86. The van der Waals surface area contributed by atoms with Crippen LogP contribution in [0.5, 0.6) is 0 Å². The van der Waals surface area contributed by atoms with Gasteiger partial charge < -0.3 is 10.3 Å². The number of carbonyl (C=O) groups excluding carboxylic acids is 1. The second-order valence-corrected chi connectivity index (χ2v) is 9.43. The smallest absolute Gasteiger partial charge is 0.283 e. The minimum Gasteiger partial charge on any atom is -0.349 e. The summed E-state index contributed by atoms with van der Waals surface area (Å²) >= 11 is 1.09. The standard InChI is InChI=1S/C27H23FN4O2S/c1-15-12-16(2)23(17(3)13-15)30-22(33)14-35-27-31-24-18-8-4-6-10-20(18)29-25(24)26(34)32(27)21-11-7-5-9-19(21)28/h4-13,29H,14H2,1-3H3,(H,30,33). The molecule has 5 aromatic rings. The lowest BCUT2D eigenvalue weighted by molar-refractivity contribution is -0.113. The van der Waals surface area contributed by atoms with E-state index in [-0.39, 0.29) is 28.0 Å². The van der Waals surface area contributed by atoms with Crippen LogP contribution >= 0.6 is 11.8 Å². The molecule has 0 saturated heterocycles. The first-order valence-electron chi connectivity index (χ1n) is 11.1. The number of para-hydroxylation sites is 2. The number of H-pyrrole nitrogens is 1. The second kappa shape index (κ2) is 9.03. The number of fused-ring (bicyclic) bond motifs is 3. The third kappa shape index (κ3) is 4.21. The highest BCUT2D eigenvalue weighted by atomic mass is 32.2. The zero-order valence-electron chi connectivity index (χ0n) is 19.5. The van der Waals surface area contributed by atoms with Crippen molar-refractivity contribution in [3.8, 4) is 5.69 Å². The molecule has 2 N–H and O–H groups in total. The van der Waals surface area contributed by atoms with Crippen LogP contribution in [0.1, 0.15) is 16.7 Å². The van der Waals surface area contributed by atoms with Crippen LogP contribution in [0.4, 0.5) is 10.1 Å². The molecule has 0 aliphatic rings. The van der Waals surface area contributed by atoms with Gasteiger partial charge in [0.1, 0.15) is 16.9 Å². The summed E-state index contributed by atoms with van der Waals surface area (Å²) in [5.74, 6) is -0.788. The molecular weight excluding hydrogens is 463 g/mol.